The number of hydrogen-bond acceptors (Lipinski definition) is 6. The van der Waals surface area contributed by atoms with Gasteiger partial charge in [-0.15, -0.1) is 0 Å². The first-order valence-corrected chi connectivity index (χ1v) is 10.1. The van der Waals surface area contributed by atoms with Gasteiger partial charge in [-0.05, 0) is 13.8 Å². The molecule has 0 aliphatic carbocycles. The average Bonchev–Trinajstić information content (AvgIpc) is 3.06. The van der Waals surface area contributed by atoms with Crippen LogP contribution in [0.25, 0.3) is 0 Å². The Kier molecular flexibility index (Phi) is 6.33. The third-order valence-electron chi connectivity index (χ3n) is 4.81. The Bertz CT molecular complexity index is 646. The number of rotatable bonds is 3. The molecule has 8 nitrogen and oxygen atoms in total. The number of carbonyl (C=O) groups is 2. The molecular weight excluding hydrogens is 376 g/mol. The molecular formula is C16H25ClN6O2S. The highest BCUT2D eigenvalue weighted by molar-refractivity contribution is 7.19. The largest absolute Gasteiger partial charge is 0.338 e. The minimum absolute atomic E-state index is 0.127. The van der Waals surface area contributed by atoms with E-state index in [4.69, 9.17) is 11.6 Å². The van der Waals surface area contributed by atoms with Crippen molar-refractivity contribution in [3.8, 4) is 0 Å². The maximum atomic E-state index is 12.8. The fourth-order valence-electron chi connectivity index (χ4n) is 3.24. The molecule has 2 aliphatic rings. The summed E-state index contributed by atoms with van der Waals surface area (Å²) >= 11 is 7.05. The van der Waals surface area contributed by atoms with Gasteiger partial charge in [0.2, 0.25) is 5.91 Å². The second-order valence-corrected chi connectivity index (χ2v) is 8.47. The van der Waals surface area contributed by atoms with Crippen molar-refractivity contribution in [2.75, 3.05) is 51.1 Å². The maximum absolute atomic E-state index is 12.8. The molecule has 1 aromatic heterocycles. The van der Waals surface area contributed by atoms with E-state index in [0.29, 0.717) is 41.7 Å². The average molecular weight is 401 g/mol. The molecule has 0 radical (unpaired) electrons. The molecule has 0 saturated carbocycles. The third kappa shape index (κ3) is 4.64. The van der Waals surface area contributed by atoms with Gasteiger partial charge < -0.3 is 15.1 Å². The summed E-state index contributed by atoms with van der Waals surface area (Å²) in [5.41, 5.74) is 0. The number of nitrogens with zero attached hydrogens (tertiary/aromatic N) is 4. The van der Waals surface area contributed by atoms with E-state index in [1.165, 1.54) is 17.5 Å². The first-order chi connectivity index (χ1) is 12.4. The van der Waals surface area contributed by atoms with Gasteiger partial charge in [-0.2, -0.15) is 0 Å². The molecule has 3 heterocycles. The van der Waals surface area contributed by atoms with Crippen LogP contribution >= 0.6 is 22.9 Å². The lowest BCUT2D eigenvalue weighted by atomic mass is 10.1. The lowest BCUT2D eigenvalue weighted by Gasteiger charge is -2.40. The predicted octanol–water partition coefficient (Wildman–Crippen LogP) is 1.15. The summed E-state index contributed by atoms with van der Waals surface area (Å²) < 4.78 is 0.533. The highest BCUT2D eigenvalue weighted by atomic mass is 35.5. The summed E-state index contributed by atoms with van der Waals surface area (Å²) in [6.07, 6.45) is 1.51. The molecule has 26 heavy (non-hydrogen) atoms. The lowest BCUT2D eigenvalue weighted by Crippen LogP contribution is -2.61. The smallest absolute Gasteiger partial charge is 0.323 e. The molecule has 0 aromatic carbocycles. The Balaban J connectivity index is 1.48. The van der Waals surface area contributed by atoms with Crippen molar-refractivity contribution in [2.45, 2.75) is 25.9 Å². The zero-order chi connectivity index (χ0) is 18.7. The minimum Gasteiger partial charge on any atom is -0.338 e. The highest BCUT2D eigenvalue weighted by Gasteiger charge is 2.32. The number of piperazine rings is 2. The first kappa shape index (κ1) is 19.3. The van der Waals surface area contributed by atoms with Crippen molar-refractivity contribution in [3.05, 3.63) is 10.5 Å². The van der Waals surface area contributed by atoms with Gasteiger partial charge in [-0.25, -0.2) is 9.78 Å². The van der Waals surface area contributed by atoms with E-state index in [9.17, 15) is 9.59 Å². The number of thiazole rings is 1. The summed E-state index contributed by atoms with van der Waals surface area (Å²) in [5, 5.41) is 6.56. The Morgan fingerprint density at radius 1 is 1.27 bits per heavy atom. The first-order valence-electron chi connectivity index (χ1n) is 8.87. The third-order valence-corrected chi connectivity index (χ3v) is 5.84. The topological polar surface area (TPSA) is 80.8 Å². The molecule has 2 saturated heterocycles. The van der Waals surface area contributed by atoms with Crippen molar-refractivity contribution in [3.63, 3.8) is 0 Å². The second kappa shape index (κ2) is 8.51. The molecule has 144 valence electrons. The summed E-state index contributed by atoms with van der Waals surface area (Å²) in [6.45, 7) is 8.95. The molecule has 1 aromatic rings. The Morgan fingerprint density at radius 2 is 1.96 bits per heavy atom. The van der Waals surface area contributed by atoms with E-state index < -0.39 is 0 Å². The van der Waals surface area contributed by atoms with E-state index >= 15 is 0 Å². The van der Waals surface area contributed by atoms with E-state index in [1.54, 1.807) is 4.90 Å². The molecule has 2 N–H and O–H groups in total. The van der Waals surface area contributed by atoms with Crippen LogP contribution in [0.15, 0.2) is 6.20 Å². The Labute approximate surface area is 162 Å². The second-order valence-electron chi connectivity index (χ2n) is 6.81. The fourth-order valence-corrected chi connectivity index (χ4v) is 4.04. The van der Waals surface area contributed by atoms with Gasteiger partial charge >= 0.3 is 6.03 Å². The highest BCUT2D eigenvalue weighted by Crippen LogP contribution is 2.22. The van der Waals surface area contributed by atoms with Crippen LogP contribution in [0.4, 0.5) is 9.93 Å². The summed E-state index contributed by atoms with van der Waals surface area (Å²) in [5.74, 6) is 0.127. The van der Waals surface area contributed by atoms with Crippen molar-refractivity contribution in [2.24, 2.45) is 0 Å². The van der Waals surface area contributed by atoms with Crippen LogP contribution in [0, 0.1) is 0 Å². The number of amides is 3. The number of urea groups is 1. The zero-order valence-electron chi connectivity index (χ0n) is 15.1. The predicted molar refractivity (Wildman–Crippen MR) is 103 cm³/mol. The summed E-state index contributed by atoms with van der Waals surface area (Å²) in [7, 11) is 0. The molecule has 3 amide bonds. The van der Waals surface area contributed by atoms with Gasteiger partial charge in [-0.3, -0.25) is 15.0 Å². The number of anilines is 1. The fraction of sp³-hybridized carbons (Fsp3) is 0.688. The molecule has 0 bridgehead atoms. The van der Waals surface area contributed by atoms with Gasteiger partial charge in [-0.1, -0.05) is 22.9 Å². The van der Waals surface area contributed by atoms with Crippen LogP contribution in [0.5, 0.6) is 0 Å². The van der Waals surface area contributed by atoms with E-state index in [2.05, 4.69) is 34.4 Å². The minimum atomic E-state index is -0.204. The van der Waals surface area contributed by atoms with Crippen LogP contribution in [0.2, 0.25) is 4.34 Å². The van der Waals surface area contributed by atoms with Crippen molar-refractivity contribution in [1.29, 1.82) is 0 Å². The summed E-state index contributed by atoms with van der Waals surface area (Å²) in [6, 6.07) is 0.0705. The maximum Gasteiger partial charge on any atom is 0.323 e. The van der Waals surface area contributed by atoms with Gasteiger partial charge in [0, 0.05) is 51.9 Å². The molecule has 0 spiro atoms. The van der Waals surface area contributed by atoms with Gasteiger partial charge in [0.15, 0.2) is 5.13 Å². The standard InChI is InChI=1S/C16H25ClN6O2S/c1-11(2)23-4-3-18-12(10-23)14(24)21-5-7-22(8-6-21)16(25)20-15-19-9-13(17)26-15/h9,11-12,18H,3-8,10H2,1-2H3,(H,19,20,25)/t12-/m1/s1. The molecule has 10 heteroatoms. The van der Waals surface area contributed by atoms with E-state index in [0.717, 1.165) is 19.6 Å². The monoisotopic (exact) mass is 400 g/mol. The Hall–Kier alpha value is -1.42. The molecule has 1 atom stereocenters. The van der Waals surface area contributed by atoms with Gasteiger partial charge in [0.05, 0.1) is 12.2 Å². The van der Waals surface area contributed by atoms with Gasteiger partial charge in [0.25, 0.3) is 0 Å². The number of aromatic nitrogens is 1. The number of halogens is 1. The lowest BCUT2D eigenvalue weighted by molar-refractivity contribution is -0.136. The van der Waals surface area contributed by atoms with E-state index in [-0.39, 0.29) is 18.0 Å². The molecule has 3 rings (SSSR count). The normalized spacial score (nSPS) is 21.9. The van der Waals surface area contributed by atoms with Crippen molar-refractivity contribution < 1.29 is 9.59 Å². The number of hydrogen-bond donors (Lipinski definition) is 2. The van der Waals surface area contributed by atoms with Crippen LogP contribution in [0.1, 0.15) is 13.8 Å². The SMILES string of the molecule is CC(C)N1CCN[C@@H](C(=O)N2CCN(C(=O)Nc3ncc(Cl)s3)CC2)C1. The molecule has 2 aliphatic heterocycles. The number of nitrogens with one attached hydrogen (secondary N) is 2. The van der Waals surface area contributed by atoms with Crippen molar-refractivity contribution in [1.82, 2.24) is 25.0 Å². The van der Waals surface area contributed by atoms with Crippen LogP contribution in [-0.4, -0.2) is 89.5 Å². The van der Waals surface area contributed by atoms with E-state index in [1.807, 2.05) is 4.90 Å². The van der Waals surface area contributed by atoms with Crippen LogP contribution < -0.4 is 10.6 Å². The zero-order valence-corrected chi connectivity index (χ0v) is 16.6. The Morgan fingerprint density at radius 3 is 2.58 bits per heavy atom. The summed E-state index contributed by atoms with van der Waals surface area (Å²) in [4.78, 5) is 35.0. The van der Waals surface area contributed by atoms with Crippen LogP contribution in [0.3, 0.4) is 0 Å². The number of carbonyl (C=O) groups excluding carboxylic acids is 2. The van der Waals surface area contributed by atoms with Crippen molar-refractivity contribution >= 4 is 40.0 Å². The molecule has 2 fully saturated rings. The van der Waals surface area contributed by atoms with Crippen LogP contribution in [-0.2, 0) is 4.79 Å². The van der Waals surface area contributed by atoms with Gasteiger partial charge in [0.1, 0.15) is 4.34 Å². The molecule has 0 unspecified atom stereocenters. The quantitative estimate of drug-likeness (QED) is 0.795.